The van der Waals surface area contributed by atoms with Gasteiger partial charge in [-0.2, -0.15) is 0 Å². The summed E-state index contributed by atoms with van der Waals surface area (Å²) in [5.41, 5.74) is 0. The lowest BCUT2D eigenvalue weighted by atomic mass is 10.0. The van der Waals surface area contributed by atoms with E-state index in [1.54, 1.807) is 0 Å². The van der Waals surface area contributed by atoms with E-state index in [1.807, 2.05) is 0 Å². The molecule has 0 aromatic carbocycles. The van der Waals surface area contributed by atoms with Crippen molar-refractivity contribution in [3.63, 3.8) is 0 Å². The Bertz CT molecular complexity index is 260. The Morgan fingerprint density at radius 1 is 1.06 bits per heavy atom. The third-order valence-electron chi connectivity index (χ3n) is 4.67. The maximum atomic E-state index is 5.70. The van der Waals surface area contributed by atoms with Crippen molar-refractivity contribution in [3.8, 4) is 0 Å². The second-order valence-electron chi connectivity index (χ2n) is 5.90. The zero-order chi connectivity index (χ0) is 12.4. The molecule has 2 saturated heterocycles. The molecule has 0 radical (unpaired) electrons. The topological polar surface area (TPSA) is 27.7 Å². The number of nitrogens with zero attached hydrogens (tertiary/aromatic N) is 2. The molecular weight excluding hydrogens is 226 g/mol. The van der Waals surface area contributed by atoms with Gasteiger partial charge in [-0.3, -0.25) is 9.80 Å². The fraction of sp³-hybridized carbons (Fsp3) is 1.00. The van der Waals surface area contributed by atoms with Crippen LogP contribution in [0.3, 0.4) is 0 Å². The lowest BCUT2D eigenvalue weighted by Gasteiger charge is -2.44. The van der Waals surface area contributed by atoms with Crippen LogP contribution in [0.25, 0.3) is 0 Å². The van der Waals surface area contributed by atoms with Gasteiger partial charge in [0.2, 0.25) is 0 Å². The molecule has 2 atom stereocenters. The van der Waals surface area contributed by atoms with Gasteiger partial charge in [-0.05, 0) is 25.8 Å². The van der Waals surface area contributed by atoms with Crippen molar-refractivity contribution in [1.29, 1.82) is 0 Å². The van der Waals surface area contributed by atoms with E-state index >= 15 is 0 Å². The van der Waals surface area contributed by atoms with Crippen molar-refractivity contribution in [3.05, 3.63) is 0 Å². The molecule has 1 N–H and O–H groups in total. The summed E-state index contributed by atoms with van der Waals surface area (Å²) in [6.45, 7) is 10.1. The first-order chi connectivity index (χ1) is 8.88. The Labute approximate surface area is 111 Å². The zero-order valence-corrected chi connectivity index (χ0v) is 11.6. The van der Waals surface area contributed by atoms with Crippen molar-refractivity contribution in [2.75, 3.05) is 45.9 Å². The Morgan fingerprint density at radius 3 is 2.44 bits per heavy atom. The SMILES string of the molecule is CCNC1CCOCC1N1CCN(C2CC2)CC1. The van der Waals surface area contributed by atoms with Crippen LogP contribution in [0.5, 0.6) is 0 Å². The molecule has 104 valence electrons. The fourth-order valence-corrected chi connectivity index (χ4v) is 3.46. The molecule has 4 heteroatoms. The molecule has 4 nitrogen and oxygen atoms in total. The molecule has 0 aromatic rings. The second kappa shape index (κ2) is 5.87. The van der Waals surface area contributed by atoms with Crippen LogP contribution in [0.2, 0.25) is 0 Å². The molecule has 0 bridgehead atoms. The smallest absolute Gasteiger partial charge is 0.0637 e. The van der Waals surface area contributed by atoms with E-state index in [9.17, 15) is 0 Å². The normalized spacial score (nSPS) is 35.8. The molecule has 2 unspecified atom stereocenters. The molecule has 0 spiro atoms. The van der Waals surface area contributed by atoms with E-state index in [4.69, 9.17) is 4.74 Å². The highest BCUT2D eigenvalue weighted by Crippen LogP contribution is 2.28. The molecule has 2 aliphatic heterocycles. The van der Waals surface area contributed by atoms with E-state index in [2.05, 4.69) is 22.0 Å². The van der Waals surface area contributed by atoms with E-state index in [-0.39, 0.29) is 0 Å². The van der Waals surface area contributed by atoms with Gasteiger partial charge in [-0.1, -0.05) is 6.92 Å². The van der Waals surface area contributed by atoms with Crippen molar-refractivity contribution >= 4 is 0 Å². The molecular formula is C14H27N3O. The summed E-state index contributed by atoms with van der Waals surface area (Å²) in [5.74, 6) is 0. The first-order valence-corrected chi connectivity index (χ1v) is 7.67. The molecule has 1 saturated carbocycles. The van der Waals surface area contributed by atoms with Crippen LogP contribution in [-0.2, 0) is 4.74 Å². The minimum absolute atomic E-state index is 0.597. The van der Waals surface area contributed by atoms with Crippen molar-refractivity contribution in [2.24, 2.45) is 0 Å². The van der Waals surface area contributed by atoms with Gasteiger partial charge in [-0.15, -0.1) is 0 Å². The summed E-state index contributed by atoms with van der Waals surface area (Å²) in [6, 6.07) is 2.16. The average molecular weight is 253 g/mol. The van der Waals surface area contributed by atoms with Crippen molar-refractivity contribution in [2.45, 2.75) is 44.3 Å². The molecule has 3 fully saturated rings. The van der Waals surface area contributed by atoms with Gasteiger partial charge in [0.1, 0.15) is 0 Å². The molecule has 3 rings (SSSR count). The van der Waals surface area contributed by atoms with Crippen LogP contribution in [0, 0.1) is 0 Å². The van der Waals surface area contributed by atoms with E-state index in [0.717, 1.165) is 25.8 Å². The number of hydrogen-bond donors (Lipinski definition) is 1. The Kier molecular flexibility index (Phi) is 4.19. The standard InChI is InChI=1S/C14H27N3O/c1-2-15-13-5-10-18-11-14(13)17-8-6-16(7-9-17)12-3-4-12/h12-15H,2-11H2,1H3. The van der Waals surface area contributed by atoms with E-state index in [0.29, 0.717) is 12.1 Å². The third-order valence-corrected chi connectivity index (χ3v) is 4.67. The number of hydrogen-bond acceptors (Lipinski definition) is 4. The number of nitrogens with one attached hydrogen (secondary N) is 1. The Morgan fingerprint density at radius 2 is 1.78 bits per heavy atom. The zero-order valence-electron chi connectivity index (χ0n) is 11.6. The Balaban J connectivity index is 1.52. The van der Waals surface area contributed by atoms with Gasteiger partial charge in [0.25, 0.3) is 0 Å². The summed E-state index contributed by atoms with van der Waals surface area (Å²) in [6.07, 6.45) is 4.04. The van der Waals surface area contributed by atoms with E-state index in [1.165, 1.54) is 45.4 Å². The molecule has 3 aliphatic rings. The molecule has 18 heavy (non-hydrogen) atoms. The van der Waals surface area contributed by atoms with Gasteiger partial charge in [0.15, 0.2) is 0 Å². The number of ether oxygens (including phenoxy) is 1. The van der Waals surface area contributed by atoms with Crippen molar-refractivity contribution < 1.29 is 4.74 Å². The minimum atomic E-state index is 0.597. The summed E-state index contributed by atoms with van der Waals surface area (Å²) < 4.78 is 5.70. The quantitative estimate of drug-likeness (QED) is 0.791. The first kappa shape index (κ1) is 12.9. The first-order valence-electron chi connectivity index (χ1n) is 7.67. The van der Waals surface area contributed by atoms with Crippen LogP contribution in [0.1, 0.15) is 26.2 Å². The number of piperazine rings is 1. The molecule has 1 aliphatic carbocycles. The lowest BCUT2D eigenvalue weighted by Crippen LogP contribution is -2.60. The highest BCUT2D eigenvalue weighted by atomic mass is 16.5. The van der Waals surface area contributed by atoms with E-state index < -0.39 is 0 Å². The summed E-state index contributed by atoms with van der Waals surface area (Å²) in [4.78, 5) is 5.34. The number of likely N-dealkylation sites (N-methyl/N-ethyl adjacent to an activating group) is 1. The van der Waals surface area contributed by atoms with Gasteiger partial charge >= 0.3 is 0 Å². The van der Waals surface area contributed by atoms with Crippen LogP contribution < -0.4 is 5.32 Å². The Hall–Kier alpha value is -0.160. The van der Waals surface area contributed by atoms with Gasteiger partial charge < -0.3 is 10.1 Å². The molecule has 0 amide bonds. The fourth-order valence-electron chi connectivity index (χ4n) is 3.46. The molecule has 2 heterocycles. The van der Waals surface area contributed by atoms with Gasteiger partial charge in [0.05, 0.1) is 6.61 Å². The maximum Gasteiger partial charge on any atom is 0.0637 e. The predicted octanol–water partition coefficient (Wildman–Crippen LogP) is 0.533. The summed E-state index contributed by atoms with van der Waals surface area (Å²) >= 11 is 0. The van der Waals surface area contributed by atoms with Gasteiger partial charge in [0, 0.05) is 50.9 Å². The largest absolute Gasteiger partial charge is 0.380 e. The van der Waals surface area contributed by atoms with Crippen LogP contribution in [-0.4, -0.2) is 73.9 Å². The summed E-state index contributed by atoms with van der Waals surface area (Å²) in [7, 11) is 0. The minimum Gasteiger partial charge on any atom is -0.380 e. The average Bonchev–Trinajstić information content (AvgIpc) is 3.25. The van der Waals surface area contributed by atoms with Crippen LogP contribution >= 0.6 is 0 Å². The van der Waals surface area contributed by atoms with Gasteiger partial charge in [-0.25, -0.2) is 0 Å². The lowest BCUT2D eigenvalue weighted by molar-refractivity contribution is -0.0206. The number of rotatable bonds is 4. The summed E-state index contributed by atoms with van der Waals surface area (Å²) in [5, 5.41) is 3.64. The molecule has 0 aromatic heterocycles. The second-order valence-corrected chi connectivity index (χ2v) is 5.90. The van der Waals surface area contributed by atoms with Crippen LogP contribution in [0.15, 0.2) is 0 Å². The predicted molar refractivity (Wildman–Crippen MR) is 72.9 cm³/mol. The van der Waals surface area contributed by atoms with Crippen LogP contribution in [0.4, 0.5) is 0 Å². The highest BCUT2D eigenvalue weighted by Gasteiger charge is 2.35. The third kappa shape index (κ3) is 2.87. The monoisotopic (exact) mass is 253 g/mol. The maximum absolute atomic E-state index is 5.70. The highest BCUT2D eigenvalue weighted by molar-refractivity contribution is 4.92. The van der Waals surface area contributed by atoms with Crippen molar-refractivity contribution in [1.82, 2.24) is 15.1 Å².